The number of nitrogens with one attached hydrogen (secondary N) is 2. The molecule has 0 radical (unpaired) electrons. The first-order valence-electron chi connectivity index (χ1n) is 11.1. The highest BCUT2D eigenvalue weighted by atomic mass is 19.2. The predicted octanol–water partition coefficient (Wildman–Crippen LogP) is 3.44. The molecule has 0 spiro atoms. The number of ether oxygens (including phenoxy) is 1. The number of hydrogen-bond donors (Lipinski definition) is 3. The van der Waals surface area contributed by atoms with Crippen LogP contribution in [0.25, 0.3) is 0 Å². The van der Waals surface area contributed by atoms with E-state index in [9.17, 15) is 13.9 Å². The Balaban J connectivity index is 1.48. The number of guanidine groups is 1. The van der Waals surface area contributed by atoms with E-state index in [4.69, 9.17) is 4.74 Å². The van der Waals surface area contributed by atoms with Gasteiger partial charge in [0, 0.05) is 38.8 Å². The molecule has 8 heteroatoms. The molecule has 2 aromatic carbocycles. The van der Waals surface area contributed by atoms with Gasteiger partial charge >= 0.3 is 0 Å². The van der Waals surface area contributed by atoms with Crippen LogP contribution in [-0.2, 0) is 13.0 Å². The van der Waals surface area contributed by atoms with E-state index >= 15 is 0 Å². The average molecular weight is 447 g/mol. The number of phenols is 1. The fourth-order valence-electron chi connectivity index (χ4n) is 3.82. The molecule has 1 aliphatic heterocycles. The normalized spacial score (nSPS) is 15.6. The molecule has 32 heavy (non-hydrogen) atoms. The Bertz CT molecular complexity index is 915. The summed E-state index contributed by atoms with van der Waals surface area (Å²) in [7, 11) is 1.54. The number of rotatable bonds is 8. The molecule has 174 valence electrons. The molecule has 0 aromatic heterocycles. The number of phenolic OH excluding ortho intramolecular Hbond substituents is 1. The number of likely N-dealkylation sites (tertiary alicyclic amines) is 1. The molecule has 2 aromatic rings. The lowest BCUT2D eigenvalue weighted by Crippen LogP contribution is -2.48. The van der Waals surface area contributed by atoms with Gasteiger partial charge in [-0.25, -0.2) is 8.78 Å². The maximum atomic E-state index is 13.4. The average Bonchev–Trinajstić information content (AvgIpc) is 2.79. The fourth-order valence-corrected chi connectivity index (χ4v) is 3.82. The van der Waals surface area contributed by atoms with Crippen molar-refractivity contribution < 1.29 is 18.6 Å². The highest BCUT2D eigenvalue weighted by molar-refractivity contribution is 5.80. The standard InChI is InChI=1S/C24H32F2N4O2/c1-3-27-24(28-11-8-17-5-7-22(31)23(15-17)32-2)29-19-9-12-30(13-10-19)16-18-4-6-20(25)21(26)14-18/h4-7,14-15,19,31H,3,8-13,16H2,1-2H3,(H2,27,28,29). The van der Waals surface area contributed by atoms with Gasteiger partial charge in [0.1, 0.15) is 0 Å². The van der Waals surface area contributed by atoms with Crippen molar-refractivity contribution in [3.63, 3.8) is 0 Å². The van der Waals surface area contributed by atoms with Crippen molar-refractivity contribution in [1.82, 2.24) is 15.5 Å². The van der Waals surface area contributed by atoms with Crippen LogP contribution in [0.3, 0.4) is 0 Å². The lowest BCUT2D eigenvalue weighted by atomic mass is 10.0. The first-order chi connectivity index (χ1) is 15.5. The van der Waals surface area contributed by atoms with Crippen molar-refractivity contribution in [1.29, 1.82) is 0 Å². The van der Waals surface area contributed by atoms with Crippen LogP contribution in [0.1, 0.15) is 30.9 Å². The molecular weight excluding hydrogens is 414 g/mol. The topological polar surface area (TPSA) is 69.1 Å². The SMILES string of the molecule is CCNC(=NCCc1ccc(O)c(OC)c1)NC1CCN(Cc2ccc(F)c(F)c2)CC1. The zero-order valence-corrected chi connectivity index (χ0v) is 18.7. The van der Waals surface area contributed by atoms with Crippen LogP contribution in [0.15, 0.2) is 41.4 Å². The molecule has 3 rings (SSSR count). The van der Waals surface area contributed by atoms with E-state index in [1.54, 1.807) is 12.1 Å². The highest BCUT2D eigenvalue weighted by Gasteiger charge is 2.20. The van der Waals surface area contributed by atoms with E-state index < -0.39 is 11.6 Å². The first kappa shape index (κ1) is 23.8. The molecule has 0 atom stereocenters. The Morgan fingerprint density at radius 2 is 1.88 bits per heavy atom. The molecular formula is C24H32F2N4O2. The minimum atomic E-state index is -0.809. The van der Waals surface area contributed by atoms with Crippen molar-refractivity contribution in [2.24, 2.45) is 4.99 Å². The Labute approximate surface area is 188 Å². The number of hydrogen-bond acceptors (Lipinski definition) is 4. The van der Waals surface area contributed by atoms with Crippen LogP contribution in [0.4, 0.5) is 8.78 Å². The minimum absolute atomic E-state index is 0.130. The van der Waals surface area contributed by atoms with Crippen molar-refractivity contribution >= 4 is 5.96 Å². The van der Waals surface area contributed by atoms with Gasteiger partial charge in [0.2, 0.25) is 0 Å². The molecule has 0 bridgehead atoms. The number of nitrogens with zero attached hydrogens (tertiary/aromatic N) is 2. The number of benzene rings is 2. The summed E-state index contributed by atoms with van der Waals surface area (Å²) < 4.78 is 31.7. The molecule has 0 amide bonds. The summed E-state index contributed by atoms with van der Waals surface area (Å²) in [4.78, 5) is 6.94. The molecule has 1 heterocycles. The van der Waals surface area contributed by atoms with Crippen molar-refractivity contribution in [2.75, 3.05) is 33.3 Å². The fraction of sp³-hybridized carbons (Fsp3) is 0.458. The molecule has 0 saturated carbocycles. The second-order valence-electron chi connectivity index (χ2n) is 7.96. The first-order valence-corrected chi connectivity index (χ1v) is 11.1. The zero-order chi connectivity index (χ0) is 22.9. The summed E-state index contributed by atoms with van der Waals surface area (Å²) in [5, 5.41) is 16.5. The number of aromatic hydroxyl groups is 1. The number of aliphatic imine (C=N–C) groups is 1. The maximum absolute atomic E-state index is 13.4. The Morgan fingerprint density at radius 3 is 2.56 bits per heavy atom. The monoisotopic (exact) mass is 446 g/mol. The predicted molar refractivity (Wildman–Crippen MR) is 122 cm³/mol. The summed E-state index contributed by atoms with van der Waals surface area (Å²) >= 11 is 0. The maximum Gasteiger partial charge on any atom is 0.191 e. The van der Waals surface area contributed by atoms with Gasteiger partial charge in [-0.2, -0.15) is 0 Å². The van der Waals surface area contributed by atoms with Gasteiger partial charge in [-0.3, -0.25) is 9.89 Å². The smallest absolute Gasteiger partial charge is 0.191 e. The molecule has 1 saturated heterocycles. The second kappa shape index (κ2) is 11.7. The number of piperidine rings is 1. The third-order valence-corrected chi connectivity index (χ3v) is 5.58. The van der Waals surface area contributed by atoms with Gasteiger partial charge in [-0.15, -0.1) is 0 Å². The van der Waals surface area contributed by atoms with Gasteiger partial charge in [0.25, 0.3) is 0 Å². The highest BCUT2D eigenvalue weighted by Crippen LogP contribution is 2.26. The van der Waals surface area contributed by atoms with Gasteiger partial charge < -0.3 is 20.5 Å². The summed E-state index contributed by atoms with van der Waals surface area (Å²) in [5.41, 5.74) is 1.83. The largest absolute Gasteiger partial charge is 0.504 e. The van der Waals surface area contributed by atoms with Gasteiger partial charge in [0.15, 0.2) is 29.1 Å². The van der Waals surface area contributed by atoms with Crippen molar-refractivity contribution in [3.8, 4) is 11.5 Å². The van der Waals surface area contributed by atoms with Crippen LogP contribution < -0.4 is 15.4 Å². The van der Waals surface area contributed by atoms with E-state index in [1.807, 2.05) is 19.1 Å². The van der Waals surface area contributed by atoms with E-state index in [0.717, 1.165) is 56.0 Å². The Morgan fingerprint density at radius 1 is 1.12 bits per heavy atom. The molecule has 1 aliphatic rings. The van der Waals surface area contributed by atoms with E-state index in [-0.39, 0.29) is 5.75 Å². The zero-order valence-electron chi connectivity index (χ0n) is 18.7. The lowest BCUT2D eigenvalue weighted by Gasteiger charge is -2.33. The lowest BCUT2D eigenvalue weighted by molar-refractivity contribution is 0.198. The van der Waals surface area contributed by atoms with Gasteiger partial charge in [0.05, 0.1) is 7.11 Å². The summed E-state index contributed by atoms with van der Waals surface area (Å²) in [6.45, 7) is 5.79. The number of halogens is 2. The van der Waals surface area contributed by atoms with Crippen LogP contribution in [0.2, 0.25) is 0 Å². The molecule has 3 N–H and O–H groups in total. The molecule has 1 fully saturated rings. The van der Waals surface area contributed by atoms with Gasteiger partial charge in [-0.05, 0) is 61.6 Å². The quantitative estimate of drug-likeness (QED) is 0.428. The Kier molecular flexibility index (Phi) is 8.67. The molecule has 0 unspecified atom stereocenters. The number of methoxy groups -OCH3 is 1. The van der Waals surface area contributed by atoms with Crippen LogP contribution >= 0.6 is 0 Å². The van der Waals surface area contributed by atoms with Crippen LogP contribution in [0, 0.1) is 11.6 Å². The summed E-state index contributed by atoms with van der Waals surface area (Å²) in [6, 6.07) is 9.75. The summed E-state index contributed by atoms with van der Waals surface area (Å²) in [5.74, 6) is -0.220. The van der Waals surface area contributed by atoms with Crippen LogP contribution in [0.5, 0.6) is 11.5 Å². The van der Waals surface area contributed by atoms with Crippen LogP contribution in [-0.4, -0.2) is 55.3 Å². The van der Waals surface area contributed by atoms with Crippen molar-refractivity contribution in [2.45, 2.75) is 38.8 Å². The molecule has 6 nitrogen and oxygen atoms in total. The second-order valence-corrected chi connectivity index (χ2v) is 7.96. The minimum Gasteiger partial charge on any atom is -0.504 e. The Hall–Kier alpha value is -2.87. The van der Waals surface area contributed by atoms with E-state index in [0.29, 0.717) is 24.9 Å². The van der Waals surface area contributed by atoms with E-state index in [1.165, 1.54) is 19.2 Å². The van der Waals surface area contributed by atoms with Crippen molar-refractivity contribution in [3.05, 3.63) is 59.2 Å². The van der Waals surface area contributed by atoms with E-state index in [2.05, 4.69) is 20.5 Å². The summed E-state index contributed by atoms with van der Waals surface area (Å²) in [6.07, 6.45) is 2.63. The third-order valence-electron chi connectivity index (χ3n) is 5.58. The van der Waals surface area contributed by atoms with Gasteiger partial charge in [-0.1, -0.05) is 12.1 Å². The molecule has 0 aliphatic carbocycles. The third kappa shape index (κ3) is 6.82.